The van der Waals surface area contributed by atoms with Gasteiger partial charge in [0.25, 0.3) is 0 Å². The van der Waals surface area contributed by atoms with Crippen molar-refractivity contribution in [2.45, 2.75) is 10.1 Å². The lowest BCUT2D eigenvalue weighted by Crippen LogP contribution is -2.49. The van der Waals surface area contributed by atoms with Crippen molar-refractivity contribution in [3.8, 4) is 0 Å². The third-order valence-electron chi connectivity index (χ3n) is 4.19. The number of fused-ring (bicyclic) bond motifs is 2. The second-order valence-electron chi connectivity index (χ2n) is 5.55. The van der Waals surface area contributed by atoms with E-state index in [0.29, 0.717) is 11.2 Å². The first-order chi connectivity index (χ1) is 10.4. The summed E-state index contributed by atoms with van der Waals surface area (Å²) in [7, 11) is 0. The first-order valence-electron chi connectivity index (χ1n) is 7.57. The standard InChI is InChI=1S/C17H19N3S/c1-3-7-15-13(5-1)17(20-11-9-18-10-12-20)19-14-6-2-4-8-16(14)21-15/h1-8,13,15,18H,9-12H2. The molecule has 4 rings (SSSR count). The normalized spacial score (nSPS) is 27.6. The molecule has 3 aliphatic rings. The maximum absolute atomic E-state index is 5.06. The Balaban J connectivity index is 1.78. The maximum Gasteiger partial charge on any atom is 0.113 e. The Morgan fingerprint density at radius 3 is 2.81 bits per heavy atom. The van der Waals surface area contributed by atoms with Gasteiger partial charge in [0.2, 0.25) is 0 Å². The highest BCUT2D eigenvalue weighted by Gasteiger charge is 2.31. The smallest absolute Gasteiger partial charge is 0.113 e. The van der Waals surface area contributed by atoms with Crippen molar-refractivity contribution in [1.29, 1.82) is 0 Å². The summed E-state index contributed by atoms with van der Waals surface area (Å²) in [5.74, 6) is 1.62. The van der Waals surface area contributed by atoms with Crippen LogP contribution >= 0.6 is 11.8 Å². The van der Waals surface area contributed by atoms with Gasteiger partial charge in [-0.25, -0.2) is 4.99 Å². The molecule has 2 unspecified atom stereocenters. The van der Waals surface area contributed by atoms with Crippen LogP contribution in [0.2, 0.25) is 0 Å². The maximum atomic E-state index is 5.06. The monoisotopic (exact) mass is 297 g/mol. The summed E-state index contributed by atoms with van der Waals surface area (Å²) in [5, 5.41) is 3.88. The number of hydrogen-bond donors (Lipinski definition) is 1. The van der Waals surface area contributed by atoms with Crippen molar-refractivity contribution >= 4 is 23.3 Å². The van der Waals surface area contributed by atoms with Crippen LogP contribution in [0.15, 0.2) is 58.5 Å². The van der Waals surface area contributed by atoms with E-state index in [2.05, 4.69) is 58.8 Å². The molecule has 2 aliphatic heterocycles. The molecule has 108 valence electrons. The van der Waals surface area contributed by atoms with Crippen LogP contribution in [-0.4, -0.2) is 42.2 Å². The van der Waals surface area contributed by atoms with E-state index < -0.39 is 0 Å². The molecule has 4 heteroatoms. The molecular weight excluding hydrogens is 278 g/mol. The summed E-state index contributed by atoms with van der Waals surface area (Å²) >= 11 is 1.93. The number of para-hydroxylation sites is 1. The van der Waals surface area contributed by atoms with Crippen molar-refractivity contribution in [2.24, 2.45) is 10.9 Å². The number of allylic oxidation sites excluding steroid dienone is 2. The first kappa shape index (κ1) is 13.2. The molecule has 1 aromatic rings. The molecule has 1 saturated heterocycles. The fourth-order valence-electron chi connectivity index (χ4n) is 3.10. The summed E-state index contributed by atoms with van der Waals surface area (Å²) in [4.78, 5) is 8.80. The van der Waals surface area contributed by atoms with Gasteiger partial charge in [0.1, 0.15) is 5.84 Å². The Morgan fingerprint density at radius 1 is 1.10 bits per heavy atom. The van der Waals surface area contributed by atoms with Gasteiger partial charge in [-0.15, -0.1) is 11.8 Å². The van der Waals surface area contributed by atoms with E-state index in [1.54, 1.807) is 0 Å². The molecule has 0 spiro atoms. The summed E-state index contributed by atoms with van der Waals surface area (Å²) in [6.07, 6.45) is 8.95. The lowest BCUT2D eigenvalue weighted by Gasteiger charge is -2.35. The zero-order valence-corrected chi connectivity index (χ0v) is 12.7. The molecule has 0 aromatic heterocycles. The molecule has 1 N–H and O–H groups in total. The van der Waals surface area contributed by atoms with Gasteiger partial charge in [0.15, 0.2) is 0 Å². The molecular formula is C17H19N3S. The third kappa shape index (κ3) is 2.54. The highest BCUT2D eigenvalue weighted by molar-refractivity contribution is 8.00. The van der Waals surface area contributed by atoms with Gasteiger partial charge in [-0.2, -0.15) is 0 Å². The minimum Gasteiger partial charge on any atom is -0.357 e. The molecule has 3 nitrogen and oxygen atoms in total. The Hall–Kier alpha value is -1.52. The lowest BCUT2D eigenvalue weighted by molar-refractivity contribution is 0.346. The van der Waals surface area contributed by atoms with Gasteiger partial charge in [0.05, 0.1) is 11.6 Å². The number of nitrogens with zero attached hydrogens (tertiary/aromatic N) is 2. The highest BCUT2D eigenvalue weighted by atomic mass is 32.2. The number of piperazine rings is 1. The van der Waals surface area contributed by atoms with Crippen LogP contribution in [0.1, 0.15) is 0 Å². The van der Waals surface area contributed by atoms with Crippen LogP contribution < -0.4 is 5.32 Å². The lowest BCUT2D eigenvalue weighted by atomic mass is 9.97. The Kier molecular flexibility index (Phi) is 3.57. The van der Waals surface area contributed by atoms with Gasteiger partial charge in [-0.05, 0) is 12.1 Å². The summed E-state index contributed by atoms with van der Waals surface area (Å²) < 4.78 is 0. The largest absolute Gasteiger partial charge is 0.357 e. The summed E-state index contributed by atoms with van der Waals surface area (Å²) in [6.45, 7) is 4.19. The number of amidine groups is 1. The molecule has 2 heterocycles. The van der Waals surface area contributed by atoms with E-state index in [0.717, 1.165) is 31.9 Å². The molecule has 2 atom stereocenters. The van der Waals surface area contributed by atoms with Crippen molar-refractivity contribution in [3.63, 3.8) is 0 Å². The second-order valence-corrected chi connectivity index (χ2v) is 6.77. The predicted molar refractivity (Wildman–Crippen MR) is 89.4 cm³/mol. The van der Waals surface area contributed by atoms with Crippen molar-refractivity contribution in [2.75, 3.05) is 26.2 Å². The number of thioether (sulfide) groups is 1. The minimum atomic E-state index is 0.380. The number of hydrogen-bond acceptors (Lipinski definition) is 4. The Morgan fingerprint density at radius 2 is 1.90 bits per heavy atom. The van der Waals surface area contributed by atoms with Gasteiger partial charge in [-0.3, -0.25) is 0 Å². The molecule has 1 aliphatic carbocycles. The van der Waals surface area contributed by atoms with Crippen molar-refractivity contribution < 1.29 is 0 Å². The number of aliphatic imine (C=N–C) groups is 1. The van der Waals surface area contributed by atoms with E-state index in [-0.39, 0.29) is 0 Å². The molecule has 21 heavy (non-hydrogen) atoms. The zero-order valence-electron chi connectivity index (χ0n) is 11.9. The van der Waals surface area contributed by atoms with Crippen LogP contribution in [0.3, 0.4) is 0 Å². The highest BCUT2D eigenvalue weighted by Crippen LogP contribution is 2.41. The molecule has 0 amide bonds. The van der Waals surface area contributed by atoms with Gasteiger partial charge >= 0.3 is 0 Å². The average Bonchev–Trinajstić information content (AvgIpc) is 2.72. The SMILES string of the molecule is C1=CC2Sc3ccccc3N=C(N3CCNCC3)C2C=C1. The van der Waals surface area contributed by atoms with Crippen LogP contribution in [-0.2, 0) is 0 Å². The predicted octanol–water partition coefficient (Wildman–Crippen LogP) is 2.84. The van der Waals surface area contributed by atoms with E-state index in [1.165, 1.54) is 10.7 Å². The van der Waals surface area contributed by atoms with Crippen molar-refractivity contribution in [3.05, 3.63) is 48.6 Å². The molecule has 0 bridgehead atoms. The zero-order chi connectivity index (χ0) is 14.1. The molecule has 0 saturated carbocycles. The molecule has 1 fully saturated rings. The number of rotatable bonds is 0. The topological polar surface area (TPSA) is 27.6 Å². The van der Waals surface area contributed by atoms with Gasteiger partial charge in [-0.1, -0.05) is 36.4 Å². The van der Waals surface area contributed by atoms with E-state index in [4.69, 9.17) is 4.99 Å². The van der Waals surface area contributed by atoms with E-state index in [9.17, 15) is 0 Å². The van der Waals surface area contributed by atoms with Crippen LogP contribution in [0, 0.1) is 5.92 Å². The van der Waals surface area contributed by atoms with Crippen molar-refractivity contribution in [1.82, 2.24) is 10.2 Å². The summed E-state index contributed by atoms with van der Waals surface area (Å²) in [6, 6.07) is 8.51. The van der Waals surface area contributed by atoms with Gasteiger partial charge in [0, 0.05) is 36.3 Å². The summed E-state index contributed by atoms with van der Waals surface area (Å²) in [5.41, 5.74) is 1.12. The van der Waals surface area contributed by atoms with Crippen LogP contribution in [0.25, 0.3) is 0 Å². The first-order valence-corrected chi connectivity index (χ1v) is 8.45. The van der Waals surface area contributed by atoms with Crippen LogP contribution in [0.5, 0.6) is 0 Å². The van der Waals surface area contributed by atoms with E-state index in [1.807, 2.05) is 11.8 Å². The van der Waals surface area contributed by atoms with Crippen LogP contribution in [0.4, 0.5) is 5.69 Å². The number of nitrogens with one attached hydrogen (secondary N) is 1. The average molecular weight is 297 g/mol. The third-order valence-corrected chi connectivity index (χ3v) is 5.51. The van der Waals surface area contributed by atoms with Gasteiger partial charge < -0.3 is 10.2 Å². The number of benzene rings is 1. The fourth-order valence-corrected chi connectivity index (χ4v) is 4.31. The van der Waals surface area contributed by atoms with E-state index >= 15 is 0 Å². The quantitative estimate of drug-likeness (QED) is 0.798. The Labute approximate surface area is 129 Å². The Bertz CT molecular complexity index is 614. The second kappa shape index (κ2) is 5.70. The molecule has 0 radical (unpaired) electrons. The fraction of sp³-hybridized carbons (Fsp3) is 0.353. The molecule has 1 aromatic carbocycles. The minimum absolute atomic E-state index is 0.380.